The third-order valence-electron chi connectivity index (χ3n) is 7.04. The van der Waals surface area contributed by atoms with Crippen LogP contribution in [0.4, 0.5) is 0 Å². The Morgan fingerprint density at radius 3 is 1.58 bits per heavy atom. The fourth-order valence-electron chi connectivity index (χ4n) is 5.27. The molecule has 26 heavy (non-hydrogen) atoms. The minimum absolute atomic E-state index is 0.257. The molecule has 3 fully saturated rings. The molecule has 0 bridgehead atoms. The van der Waals surface area contributed by atoms with Crippen LogP contribution in [-0.2, 0) is 9.47 Å². The van der Waals surface area contributed by atoms with Crippen LogP contribution in [0.3, 0.4) is 0 Å². The van der Waals surface area contributed by atoms with Crippen LogP contribution in [0.1, 0.15) is 91.4 Å². The van der Waals surface area contributed by atoms with Gasteiger partial charge in [-0.3, -0.25) is 0 Å². The second-order valence-electron chi connectivity index (χ2n) is 10.3. The lowest BCUT2D eigenvalue weighted by atomic mass is 9.69. The van der Waals surface area contributed by atoms with Crippen LogP contribution in [0.25, 0.3) is 0 Å². The van der Waals surface area contributed by atoms with Crippen LogP contribution in [-0.4, -0.2) is 36.5 Å². The zero-order valence-electron chi connectivity index (χ0n) is 17.3. The smallest absolute Gasteiger partial charge is 0.0613 e. The van der Waals surface area contributed by atoms with Crippen molar-refractivity contribution in [2.24, 2.45) is 22.8 Å². The standard InChI is InChI=1S/C22H42N2O2/c1-22(2,3)20-14-19(25-17-8-4-15(23)5-9-17)12-13-21(20)26-18-10-6-16(24)7-11-18/h15-21H,4-14,23-24H2,1-3H3. The monoisotopic (exact) mass is 366 g/mol. The Morgan fingerprint density at radius 2 is 1.08 bits per heavy atom. The van der Waals surface area contributed by atoms with Gasteiger partial charge in [-0.1, -0.05) is 20.8 Å². The van der Waals surface area contributed by atoms with Crippen molar-refractivity contribution in [3.8, 4) is 0 Å². The molecule has 3 aliphatic carbocycles. The topological polar surface area (TPSA) is 70.5 Å². The predicted molar refractivity (Wildman–Crippen MR) is 107 cm³/mol. The van der Waals surface area contributed by atoms with Gasteiger partial charge in [-0.15, -0.1) is 0 Å². The van der Waals surface area contributed by atoms with Crippen molar-refractivity contribution in [2.75, 3.05) is 0 Å². The van der Waals surface area contributed by atoms with E-state index in [0.29, 0.717) is 42.4 Å². The molecule has 4 N–H and O–H groups in total. The summed E-state index contributed by atoms with van der Waals surface area (Å²) in [6.07, 6.45) is 14.1. The van der Waals surface area contributed by atoms with Crippen LogP contribution in [0, 0.1) is 11.3 Å². The first kappa shape index (κ1) is 20.6. The third-order valence-corrected chi connectivity index (χ3v) is 7.04. The number of rotatable bonds is 4. The summed E-state index contributed by atoms with van der Waals surface area (Å²) in [5, 5.41) is 0. The van der Waals surface area contributed by atoms with Gasteiger partial charge >= 0.3 is 0 Å². The Balaban J connectivity index is 1.53. The Bertz CT molecular complexity index is 420. The molecule has 3 rings (SSSR count). The van der Waals surface area contributed by atoms with Crippen LogP contribution >= 0.6 is 0 Å². The second-order valence-corrected chi connectivity index (χ2v) is 10.3. The maximum atomic E-state index is 6.64. The summed E-state index contributed by atoms with van der Waals surface area (Å²) in [7, 11) is 0. The molecule has 0 aromatic carbocycles. The van der Waals surface area contributed by atoms with Crippen molar-refractivity contribution in [3.05, 3.63) is 0 Å². The van der Waals surface area contributed by atoms with E-state index in [2.05, 4.69) is 20.8 Å². The van der Waals surface area contributed by atoms with E-state index in [1.165, 1.54) is 0 Å². The molecule has 152 valence electrons. The zero-order valence-corrected chi connectivity index (χ0v) is 17.3. The van der Waals surface area contributed by atoms with Gasteiger partial charge in [0.15, 0.2) is 0 Å². The van der Waals surface area contributed by atoms with Gasteiger partial charge in [0, 0.05) is 12.1 Å². The van der Waals surface area contributed by atoms with Gasteiger partial charge in [0.25, 0.3) is 0 Å². The molecule has 0 aromatic heterocycles. The lowest BCUT2D eigenvalue weighted by molar-refractivity contribution is -0.138. The van der Waals surface area contributed by atoms with E-state index in [4.69, 9.17) is 20.9 Å². The molecule has 4 heteroatoms. The number of hydrogen-bond donors (Lipinski definition) is 2. The van der Waals surface area contributed by atoms with Gasteiger partial charge in [0.05, 0.1) is 24.4 Å². The summed E-state index contributed by atoms with van der Waals surface area (Å²) in [6.45, 7) is 7.10. The fraction of sp³-hybridized carbons (Fsp3) is 1.00. The maximum absolute atomic E-state index is 6.64. The van der Waals surface area contributed by atoms with Gasteiger partial charge in [-0.2, -0.15) is 0 Å². The zero-order chi connectivity index (χ0) is 18.7. The van der Waals surface area contributed by atoms with E-state index < -0.39 is 0 Å². The molecular formula is C22H42N2O2. The van der Waals surface area contributed by atoms with Gasteiger partial charge in [-0.25, -0.2) is 0 Å². The lowest BCUT2D eigenvalue weighted by Crippen LogP contribution is -2.45. The summed E-state index contributed by atoms with van der Waals surface area (Å²) in [6, 6.07) is 0.783. The molecule has 0 spiro atoms. The Morgan fingerprint density at radius 1 is 0.615 bits per heavy atom. The summed E-state index contributed by atoms with van der Waals surface area (Å²) in [5.74, 6) is 0.572. The second kappa shape index (κ2) is 8.89. The Labute approximate surface area is 160 Å². The highest BCUT2D eigenvalue weighted by Gasteiger charge is 2.40. The van der Waals surface area contributed by atoms with Crippen molar-refractivity contribution in [1.29, 1.82) is 0 Å². The van der Waals surface area contributed by atoms with Crippen LogP contribution in [0.5, 0.6) is 0 Å². The molecule has 0 heterocycles. The molecule has 0 aromatic rings. The minimum atomic E-state index is 0.257. The van der Waals surface area contributed by atoms with E-state index in [1.807, 2.05) is 0 Å². The quantitative estimate of drug-likeness (QED) is 0.784. The highest BCUT2D eigenvalue weighted by molar-refractivity contribution is 4.90. The molecule has 3 aliphatic rings. The van der Waals surface area contributed by atoms with Crippen LogP contribution in [0.15, 0.2) is 0 Å². The molecule has 0 radical (unpaired) electrons. The number of nitrogens with two attached hydrogens (primary N) is 2. The van der Waals surface area contributed by atoms with E-state index in [1.54, 1.807) is 0 Å². The van der Waals surface area contributed by atoms with Crippen LogP contribution in [0.2, 0.25) is 0 Å². The molecule has 4 nitrogen and oxygen atoms in total. The normalized spacial score (nSPS) is 42.6. The van der Waals surface area contributed by atoms with Crippen molar-refractivity contribution in [1.82, 2.24) is 0 Å². The summed E-state index contributed by atoms with van der Waals surface area (Å²) >= 11 is 0. The average molecular weight is 367 g/mol. The van der Waals surface area contributed by atoms with Gasteiger partial charge < -0.3 is 20.9 Å². The van der Waals surface area contributed by atoms with E-state index >= 15 is 0 Å². The summed E-state index contributed by atoms with van der Waals surface area (Å²) < 4.78 is 13.2. The molecule has 3 atom stereocenters. The first-order valence-electron chi connectivity index (χ1n) is 11.1. The molecule has 0 saturated heterocycles. The maximum Gasteiger partial charge on any atom is 0.0613 e. The molecule has 0 aliphatic heterocycles. The van der Waals surface area contributed by atoms with Crippen molar-refractivity contribution < 1.29 is 9.47 Å². The predicted octanol–water partition coefficient (Wildman–Crippen LogP) is 4.14. The van der Waals surface area contributed by atoms with E-state index in [0.717, 1.165) is 70.6 Å². The average Bonchev–Trinajstić information content (AvgIpc) is 2.59. The van der Waals surface area contributed by atoms with Crippen molar-refractivity contribution >= 4 is 0 Å². The Hall–Kier alpha value is -0.160. The third kappa shape index (κ3) is 5.67. The highest BCUT2D eigenvalue weighted by Crippen LogP contribution is 2.42. The van der Waals surface area contributed by atoms with Gasteiger partial charge in [0.1, 0.15) is 0 Å². The first-order valence-corrected chi connectivity index (χ1v) is 11.1. The lowest BCUT2D eigenvalue weighted by Gasteiger charge is -2.45. The van der Waals surface area contributed by atoms with Gasteiger partial charge in [-0.05, 0) is 82.0 Å². The van der Waals surface area contributed by atoms with Gasteiger partial charge in [0.2, 0.25) is 0 Å². The first-order chi connectivity index (χ1) is 12.3. The molecule has 3 unspecified atom stereocenters. The van der Waals surface area contributed by atoms with Crippen molar-refractivity contribution in [3.63, 3.8) is 0 Å². The summed E-state index contributed by atoms with van der Waals surface area (Å²) in [4.78, 5) is 0. The minimum Gasteiger partial charge on any atom is -0.375 e. The number of ether oxygens (including phenoxy) is 2. The van der Waals surface area contributed by atoms with Crippen molar-refractivity contribution in [2.45, 2.75) is 128 Å². The Kier molecular flexibility index (Phi) is 7.04. The van der Waals surface area contributed by atoms with Crippen LogP contribution < -0.4 is 11.5 Å². The van der Waals surface area contributed by atoms with E-state index in [-0.39, 0.29) is 5.41 Å². The number of hydrogen-bond acceptors (Lipinski definition) is 4. The molecule has 3 saturated carbocycles. The van der Waals surface area contributed by atoms with E-state index in [9.17, 15) is 0 Å². The fourth-order valence-corrected chi connectivity index (χ4v) is 5.27. The largest absolute Gasteiger partial charge is 0.375 e. The molecular weight excluding hydrogens is 324 g/mol. The molecule has 0 amide bonds. The summed E-state index contributed by atoms with van der Waals surface area (Å²) in [5.41, 5.74) is 12.4. The highest BCUT2D eigenvalue weighted by atomic mass is 16.5. The SMILES string of the molecule is CC(C)(C)C1CC(OC2CCC(N)CC2)CCC1OC1CCC(N)CC1.